The molecule has 150 heavy (non-hydrogen) atoms. The van der Waals surface area contributed by atoms with Crippen LogP contribution in [0.15, 0.2) is 0 Å². The van der Waals surface area contributed by atoms with Gasteiger partial charge >= 0.3 is 0 Å². The molecule has 3 amide bonds. The third-order valence-corrected chi connectivity index (χ3v) is 41.5. The molecule has 3 aliphatic carbocycles. The van der Waals surface area contributed by atoms with Crippen molar-refractivity contribution < 1.29 is 60.3 Å². The highest BCUT2D eigenvalue weighted by molar-refractivity contribution is 5.86. The zero-order valence-electron chi connectivity index (χ0n) is 100.0. The molecule has 0 aromatic heterocycles. The summed E-state index contributed by atoms with van der Waals surface area (Å²) in [6.07, 6.45) is 52.2. The molecule has 24 rings (SSSR count). The number of β-amino-alcohol motifs (C(OH)–C–C–N with tert-alkyl or cyclic N) is 3. The summed E-state index contributed by atoms with van der Waals surface area (Å²) in [6, 6.07) is 15.6. The van der Waals surface area contributed by atoms with E-state index in [1.807, 2.05) is 0 Å². The van der Waals surface area contributed by atoms with Gasteiger partial charge in [0.1, 0.15) is 0 Å². The summed E-state index contributed by atoms with van der Waals surface area (Å²) in [5.41, 5.74) is 1.45. The molecule has 12 bridgehead atoms. The smallest absolute Gasteiger partial charge is 0.227 e. The topological polar surface area (TPSA) is 308 Å². The Morgan fingerprint density at radius 1 is 0.207 bits per heavy atom. The lowest BCUT2D eigenvalue weighted by Gasteiger charge is -2.41. The maximum Gasteiger partial charge on any atom is 0.227 e. The van der Waals surface area contributed by atoms with Crippen LogP contribution in [0, 0.1) is 16.2 Å². The van der Waals surface area contributed by atoms with Gasteiger partial charge in [0.2, 0.25) is 17.7 Å². The van der Waals surface area contributed by atoms with Crippen molar-refractivity contribution in [3.05, 3.63) is 0 Å². The minimum absolute atomic E-state index is 0.0162. The van der Waals surface area contributed by atoms with Crippen LogP contribution in [-0.2, 0) is 14.4 Å². The van der Waals surface area contributed by atoms with E-state index in [9.17, 15) is 60.3 Å². The Morgan fingerprint density at radius 3 is 0.500 bits per heavy atom. The number of piperidine rings is 12. The van der Waals surface area contributed by atoms with Gasteiger partial charge in [-0.25, -0.2) is 0 Å². The molecule has 21 heterocycles. The van der Waals surface area contributed by atoms with Crippen molar-refractivity contribution in [2.24, 2.45) is 16.2 Å². The van der Waals surface area contributed by atoms with E-state index in [4.69, 9.17) is 0 Å². The number of hydrogen-bond acceptors (Lipinski definition) is 24. The quantitative estimate of drug-likeness (QED) is 0.0864. The molecule has 24 aliphatic rings. The first-order chi connectivity index (χ1) is 70.9. The Bertz CT molecular complexity index is 3450. The van der Waals surface area contributed by atoms with Crippen LogP contribution in [0.25, 0.3) is 0 Å². The number of hydrogen-bond donors (Lipinski definition) is 12. The highest BCUT2D eigenvalue weighted by atomic mass is 16.3. The highest BCUT2D eigenvalue weighted by Gasteiger charge is 2.57. The fourth-order valence-corrected chi connectivity index (χ4v) is 33.9. The van der Waals surface area contributed by atoms with Crippen molar-refractivity contribution in [1.29, 1.82) is 0 Å². The minimum Gasteiger partial charge on any atom is -0.393 e. The second-order valence-corrected chi connectivity index (χ2v) is 56.2. The lowest BCUT2D eigenvalue weighted by molar-refractivity contribution is -0.131. The molecule has 0 radical (unpaired) electrons. The predicted molar refractivity (Wildman–Crippen MR) is 609 cm³/mol. The molecule has 22 atom stereocenters. The molecule has 27 nitrogen and oxygen atoms in total. The van der Waals surface area contributed by atoms with Crippen LogP contribution in [0.1, 0.15) is 455 Å². The summed E-state index contributed by atoms with van der Waals surface area (Å²) in [6.45, 7) is 65.6. The maximum absolute atomic E-state index is 11.8. The van der Waals surface area contributed by atoms with Crippen molar-refractivity contribution >= 4 is 17.7 Å². The van der Waals surface area contributed by atoms with Gasteiger partial charge in [-0.2, -0.15) is 0 Å². The van der Waals surface area contributed by atoms with Gasteiger partial charge in [-0.1, -0.05) is 0 Å². The van der Waals surface area contributed by atoms with Crippen LogP contribution in [0.2, 0.25) is 0 Å². The van der Waals surface area contributed by atoms with Gasteiger partial charge in [-0.15, -0.1) is 0 Å². The highest BCUT2D eigenvalue weighted by Crippen LogP contribution is 2.53. The summed E-state index contributed by atoms with van der Waals surface area (Å²) in [5.74, 6) is 0.883. The lowest BCUT2D eigenvalue weighted by Crippen LogP contribution is -2.50. The Hall–Kier alpha value is -2.43. The van der Waals surface area contributed by atoms with Crippen LogP contribution < -0.4 is 16.0 Å². The maximum atomic E-state index is 11.8. The number of carbonyl (C=O) groups excluding carboxylic acids is 3. The first kappa shape index (κ1) is 125. The van der Waals surface area contributed by atoms with Crippen molar-refractivity contribution in [3.8, 4) is 0 Å². The van der Waals surface area contributed by atoms with Crippen LogP contribution in [0.3, 0.4) is 0 Å². The molecule has 870 valence electrons. The fraction of sp³-hybridized carbons (Fsp3) is 0.976. The van der Waals surface area contributed by atoms with E-state index >= 15 is 0 Å². The molecule has 12 N–H and O–H groups in total. The molecule has 24 fully saturated rings. The summed E-state index contributed by atoms with van der Waals surface area (Å²) < 4.78 is 0. The molecule has 6 spiro atoms. The number of likely N-dealkylation sites (tertiary alicyclic amines) is 6. The van der Waals surface area contributed by atoms with Crippen LogP contribution in [-0.4, -0.2) is 418 Å². The van der Waals surface area contributed by atoms with E-state index in [1.165, 1.54) is 154 Å². The number of rotatable bonds is 12. The fourth-order valence-electron chi connectivity index (χ4n) is 33.9. The number of fused-ring (bicyclic) bond motifs is 12. The van der Waals surface area contributed by atoms with Gasteiger partial charge < -0.3 is 61.9 Å². The predicted octanol–water partition coefficient (Wildman–Crippen LogP) is 15.4. The molecule has 0 aromatic carbocycles. The molecular formula is C123H231N15O12. The monoisotopic (exact) mass is 2110 g/mol. The van der Waals surface area contributed by atoms with E-state index in [0.29, 0.717) is 179 Å². The van der Waals surface area contributed by atoms with Gasteiger partial charge in [0.15, 0.2) is 0 Å². The molecular weight excluding hydrogens is 1880 g/mol. The average molecular weight is 2110 g/mol. The summed E-state index contributed by atoms with van der Waals surface area (Å²) in [5, 5.41) is 94.9. The Kier molecular flexibility index (Phi) is 45.7. The Balaban J connectivity index is 0.000000136. The number of aliphatic hydroxyl groups excluding tert-OH is 9. The SMILES string of the molecule is CC(C)N1C2CCC1CC(O)C2.CC(C)N1C2CCC1CC(O)C2.CC(C)N1CC(O)CCC12CC2.CC(C)N1CCCC2(CCNC2=O)C1.CC(C)N1CCCC2(CCNC2=O)C1.CC(C)N1CCC[C@@]2(CCNC2=O)C1.CC(C)N1C[C@@H](O)CCC12CC2.CC(C)N1C[C@H](O)CCC12CC2.CC(C)N1[C@@H]2CC[C@H]1CC(O)C2.CC(C)N1[C@@H]2CC[C@H]1CC(O)C2.CC(C)N1[C@@H]2CC[C@H]1CC(O)C2.CC(C)N1[C@@H]2CC[C@H]1CC(O)C2. The normalized spacial score (nSPS) is 38.2. The number of amides is 3. The first-order valence-corrected chi connectivity index (χ1v) is 63.1. The standard InChI is InChI=1S/3C11H20N2O.9C10H19NO/c3*1-9(2)13-7-3-4-11(8-13)5-6-12-10(11)14;6*1-7(2)11-8-3-4-9(11)6-10(12)5-8;3*1-8(2)11-7-9(12)3-4-10(11)5-6-10/h3*9H,3-8H2,1-2H3,(H,12,14);6*7-10,12H,3-6H2,1-2H3;3*8-9,12H,3-7H2,1-2H3/t11-;;;4*8-,9+,10?;;;2*9-;/m1........10./s1. The number of nitrogens with zero attached hydrogens (tertiary/aromatic N) is 12. The van der Waals surface area contributed by atoms with E-state index in [2.05, 4.69) is 241 Å². The van der Waals surface area contributed by atoms with Crippen LogP contribution in [0.5, 0.6) is 0 Å². The lowest BCUT2D eigenvalue weighted by atomic mass is 9.78. The molecule has 0 aromatic rings. The molecule has 11 unspecified atom stereocenters. The number of aliphatic hydroxyl groups is 9. The van der Waals surface area contributed by atoms with Crippen molar-refractivity contribution in [3.63, 3.8) is 0 Å². The van der Waals surface area contributed by atoms with E-state index in [0.717, 1.165) is 213 Å². The number of carbonyl (C=O) groups is 3. The Labute approximate surface area is 914 Å². The minimum atomic E-state index is -0.0707. The third-order valence-electron chi connectivity index (χ3n) is 41.5. The van der Waals surface area contributed by atoms with E-state index in [1.54, 1.807) is 0 Å². The van der Waals surface area contributed by atoms with Gasteiger partial charge in [-0.05, 0) is 475 Å². The second kappa shape index (κ2) is 55.0. The molecule has 21 saturated heterocycles. The van der Waals surface area contributed by atoms with Crippen molar-refractivity contribution in [2.75, 3.05) is 78.5 Å². The summed E-state index contributed by atoms with van der Waals surface area (Å²) in [4.78, 5) is 65.8. The van der Waals surface area contributed by atoms with Crippen LogP contribution >= 0.6 is 0 Å². The summed E-state index contributed by atoms with van der Waals surface area (Å²) in [7, 11) is 0. The van der Waals surface area contributed by atoms with E-state index < -0.39 is 0 Å². The zero-order valence-corrected chi connectivity index (χ0v) is 100.0. The van der Waals surface area contributed by atoms with Crippen molar-refractivity contribution in [1.82, 2.24) is 74.7 Å². The van der Waals surface area contributed by atoms with Crippen LogP contribution in [0.4, 0.5) is 0 Å². The Morgan fingerprint density at radius 2 is 0.373 bits per heavy atom. The second-order valence-electron chi connectivity index (χ2n) is 56.2. The van der Waals surface area contributed by atoms with E-state index in [-0.39, 0.29) is 71.2 Å². The molecule has 3 saturated carbocycles. The molecule has 27 heteroatoms. The number of nitrogens with one attached hydrogen (secondary N) is 3. The van der Waals surface area contributed by atoms with Gasteiger partial charge in [0.05, 0.1) is 71.2 Å². The zero-order chi connectivity index (χ0) is 109. The van der Waals surface area contributed by atoms with Gasteiger partial charge in [0, 0.05) is 221 Å². The van der Waals surface area contributed by atoms with Crippen molar-refractivity contribution in [2.45, 2.75) is 672 Å². The van der Waals surface area contributed by atoms with Gasteiger partial charge in [0.25, 0.3) is 0 Å². The average Bonchev–Trinajstić information content (AvgIpc) is 1.60. The third kappa shape index (κ3) is 31.7. The first-order valence-electron chi connectivity index (χ1n) is 63.1. The summed E-state index contributed by atoms with van der Waals surface area (Å²) >= 11 is 0. The van der Waals surface area contributed by atoms with Gasteiger partial charge in [-0.3, -0.25) is 73.2 Å². The largest absolute Gasteiger partial charge is 0.393 e. The molecule has 21 aliphatic heterocycles.